The van der Waals surface area contributed by atoms with Gasteiger partial charge in [0.05, 0.1) is 0 Å². The van der Waals surface area contributed by atoms with E-state index in [1.54, 1.807) is 0 Å². The first kappa shape index (κ1) is 14.8. The van der Waals surface area contributed by atoms with Crippen molar-refractivity contribution < 1.29 is 0 Å². The van der Waals surface area contributed by atoms with Gasteiger partial charge in [-0.25, -0.2) is 0 Å². The zero-order valence-electron chi connectivity index (χ0n) is 11.9. The molecule has 3 heteroatoms. The third-order valence-corrected chi connectivity index (χ3v) is 5.01. The Morgan fingerprint density at radius 2 is 1.84 bits per heavy atom. The quantitative estimate of drug-likeness (QED) is 0.903. The highest BCUT2D eigenvalue weighted by molar-refractivity contribution is 5.85. The Morgan fingerprint density at radius 1 is 1.16 bits per heavy atom. The van der Waals surface area contributed by atoms with Crippen molar-refractivity contribution in [3.05, 3.63) is 34.9 Å². The molecule has 2 aliphatic rings. The lowest BCUT2D eigenvalue weighted by Gasteiger charge is -2.20. The molecule has 1 aliphatic heterocycles. The van der Waals surface area contributed by atoms with Gasteiger partial charge in [-0.05, 0) is 55.2 Å². The Bertz CT molecular complexity index is 426. The largest absolute Gasteiger partial charge is 0.327 e. The fourth-order valence-electron chi connectivity index (χ4n) is 3.85. The van der Waals surface area contributed by atoms with Crippen LogP contribution in [0.15, 0.2) is 18.2 Å². The smallest absolute Gasteiger partial charge is 0.0239 e. The Hall–Kier alpha value is -0.570. The van der Waals surface area contributed by atoms with Crippen LogP contribution in [-0.4, -0.2) is 24.0 Å². The zero-order valence-corrected chi connectivity index (χ0v) is 12.7. The molecular formula is C16H25ClN2. The van der Waals surface area contributed by atoms with Crippen molar-refractivity contribution in [1.82, 2.24) is 4.90 Å². The molecule has 2 fully saturated rings. The maximum atomic E-state index is 6.21. The number of aryl methyl sites for hydroxylation is 2. The van der Waals surface area contributed by atoms with Crippen LogP contribution in [0.25, 0.3) is 0 Å². The van der Waals surface area contributed by atoms with Gasteiger partial charge in [-0.2, -0.15) is 0 Å². The minimum atomic E-state index is 0. The first-order valence-electron chi connectivity index (χ1n) is 7.18. The Labute approximate surface area is 122 Å². The molecule has 2 nitrogen and oxygen atoms in total. The number of halogens is 1. The maximum Gasteiger partial charge on any atom is 0.0239 e. The van der Waals surface area contributed by atoms with Gasteiger partial charge < -0.3 is 5.73 Å². The number of fused-ring (bicyclic) bond motifs is 1. The lowest BCUT2D eigenvalue weighted by molar-refractivity contribution is 0.297. The summed E-state index contributed by atoms with van der Waals surface area (Å²) in [5, 5.41) is 0. The minimum Gasteiger partial charge on any atom is -0.327 e. The van der Waals surface area contributed by atoms with E-state index in [0.29, 0.717) is 6.04 Å². The first-order valence-corrected chi connectivity index (χ1v) is 7.18. The van der Waals surface area contributed by atoms with Crippen LogP contribution in [0.2, 0.25) is 0 Å². The molecule has 1 saturated carbocycles. The van der Waals surface area contributed by atoms with E-state index in [0.717, 1.165) is 18.4 Å². The highest BCUT2D eigenvalue weighted by Gasteiger charge is 2.40. The molecule has 3 unspecified atom stereocenters. The summed E-state index contributed by atoms with van der Waals surface area (Å²) in [4.78, 5) is 2.61. The van der Waals surface area contributed by atoms with Crippen molar-refractivity contribution in [2.45, 2.75) is 39.3 Å². The SMILES string of the molecule is Cc1cccc(C)c1CN1CC2CCC(N)C2C1.Cl. The minimum absolute atomic E-state index is 0. The number of hydrogen-bond donors (Lipinski definition) is 1. The van der Waals surface area contributed by atoms with E-state index in [-0.39, 0.29) is 12.4 Å². The van der Waals surface area contributed by atoms with Gasteiger partial charge in [0.25, 0.3) is 0 Å². The zero-order chi connectivity index (χ0) is 12.7. The number of likely N-dealkylation sites (tertiary alicyclic amines) is 1. The number of nitrogens with two attached hydrogens (primary N) is 1. The van der Waals surface area contributed by atoms with Gasteiger partial charge in [-0.1, -0.05) is 18.2 Å². The second-order valence-electron chi connectivity index (χ2n) is 6.23. The molecule has 3 rings (SSSR count). The number of nitrogens with zero attached hydrogens (tertiary/aromatic N) is 1. The van der Waals surface area contributed by atoms with E-state index in [9.17, 15) is 0 Å². The van der Waals surface area contributed by atoms with E-state index in [4.69, 9.17) is 5.73 Å². The van der Waals surface area contributed by atoms with E-state index < -0.39 is 0 Å². The first-order chi connectivity index (χ1) is 8.65. The van der Waals surface area contributed by atoms with Crippen LogP contribution < -0.4 is 5.73 Å². The average Bonchev–Trinajstić information content (AvgIpc) is 2.87. The van der Waals surface area contributed by atoms with Crippen LogP contribution in [-0.2, 0) is 6.54 Å². The molecule has 0 amide bonds. The number of rotatable bonds is 2. The van der Waals surface area contributed by atoms with Gasteiger partial charge in [0.15, 0.2) is 0 Å². The molecule has 2 N–H and O–H groups in total. The van der Waals surface area contributed by atoms with Gasteiger partial charge in [-0.3, -0.25) is 4.90 Å². The molecule has 1 aromatic carbocycles. The molecule has 19 heavy (non-hydrogen) atoms. The normalized spacial score (nSPS) is 30.2. The van der Waals surface area contributed by atoms with Gasteiger partial charge in [0.2, 0.25) is 0 Å². The van der Waals surface area contributed by atoms with Crippen molar-refractivity contribution >= 4 is 12.4 Å². The third-order valence-electron chi connectivity index (χ3n) is 5.01. The standard InChI is InChI=1S/C16H24N2.ClH/c1-11-4-3-5-12(2)14(11)9-18-8-13-6-7-16(17)15(13)10-18;/h3-5,13,15-16H,6-10,17H2,1-2H3;1H. The van der Waals surface area contributed by atoms with E-state index in [1.165, 1.54) is 42.6 Å². The molecular weight excluding hydrogens is 256 g/mol. The molecule has 1 saturated heterocycles. The van der Waals surface area contributed by atoms with Gasteiger partial charge in [0.1, 0.15) is 0 Å². The van der Waals surface area contributed by atoms with Gasteiger partial charge in [-0.15, -0.1) is 12.4 Å². The molecule has 0 spiro atoms. The summed E-state index contributed by atoms with van der Waals surface area (Å²) in [5.74, 6) is 1.62. The van der Waals surface area contributed by atoms with Crippen LogP contribution in [0.4, 0.5) is 0 Å². The highest BCUT2D eigenvalue weighted by Crippen LogP contribution is 2.37. The van der Waals surface area contributed by atoms with Crippen molar-refractivity contribution in [1.29, 1.82) is 0 Å². The van der Waals surface area contributed by atoms with E-state index >= 15 is 0 Å². The highest BCUT2D eigenvalue weighted by atomic mass is 35.5. The van der Waals surface area contributed by atoms with E-state index in [2.05, 4.69) is 36.9 Å². The summed E-state index contributed by atoms with van der Waals surface area (Å²) in [6.07, 6.45) is 2.58. The van der Waals surface area contributed by atoms with Crippen LogP contribution in [0.5, 0.6) is 0 Å². The molecule has 1 aromatic rings. The number of hydrogen-bond acceptors (Lipinski definition) is 2. The Kier molecular flexibility index (Phi) is 4.54. The average molecular weight is 281 g/mol. The Balaban J connectivity index is 0.00000133. The predicted molar refractivity (Wildman–Crippen MR) is 82.6 cm³/mol. The van der Waals surface area contributed by atoms with Crippen molar-refractivity contribution in [3.8, 4) is 0 Å². The molecule has 106 valence electrons. The van der Waals surface area contributed by atoms with Crippen LogP contribution in [0, 0.1) is 25.7 Å². The molecule has 0 aromatic heterocycles. The van der Waals surface area contributed by atoms with Crippen molar-refractivity contribution in [2.75, 3.05) is 13.1 Å². The summed E-state index contributed by atoms with van der Waals surface area (Å²) in [5.41, 5.74) is 10.6. The second-order valence-corrected chi connectivity index (χ2v) is 6.23. The molecule has 0 bridgehead atoms. The molecule has 1 heterocycles. The van der Waals surface area contributed by atoms with Gasteiger partial charge >= 0.3 is 0 Å². The van der Waals surface area contributed by atoms with Crippen molar-refractivity contribution in [3.63, 3.8) is 0 Å². The maximum absolute atomic E-state index is 6.21. The van der Waals surface area contributed by atoms with Crippen molar-refractivity contribution in [2.24, 2.45) is 17.6 Å². The summed E-state index contributed by atoms with van der Waals surface area (Å²) < 4.78 is 0. The third kappa shape index (κ3) is 2.81. The monoisotopic (exact) mass is 280 g/mol. The number of benzene rings is 1. The van der Waals surface area contributed by atoms with E-state index in [1.807, 2.05) is 0 Å². The summed E-state index contributed by atoms with van der Waals surface area (Å²) in [7, 11) is 0. The van der Waals surface area contributed by atoms with Crippen LogP contribution in [0.1, 0.15) is 29.5 Å². The summed E-state index contributed by atoms with van der Waals surface area (Å²) in [6, 6.07) is 7.07. The fraction of sp³-hybridized carbons (Fsp3) is 0.625. The molecule has 1 aliphatic carbocycles. The van der Waals surface area contributed by atoms with Crippen LogP contribution in [0.3, 0.4) is 0 Å². The lowest BCUT2D eigenvalue weighted by Crippen LogP contribution is -2.30. The summed E-state index contributed by atoms with van der Waals surface area (Å²) >= 11 is 0. The fourth-order valence-corrected chi connectivity index (χ4v) is 3.85. The second kappa shape index (κ2) is 5.82. The Morgan fingerprint density at radius 3 is 2.47 bits per heavy atom. The predicted octanol–water partition coefficient (Wildman–Crippen LogP) is 2.89. The summed E-state index contributed by atoms with van der Waals surface area (Å²) in [6.45, 7) is 8.03. The van der Waals surface area contributed by atoms with Crippen LogP contribution >= 0.6 is 12.4 Å². The van der Waals surface area contributed by atoms with Gasteiger partial charge in [0, 0.05) is 25.7 Å². The molecule has 0 radical (unpaired) electrons. The molecule has 3 atom stereocenters. The topological polar surface area (TPSA) is 29.3 Å². The lowest BCUT2D eigenvalue weighted by atomic mass is 9.98.